The van der Waals surface area contributed by atoms with Gasteiger partial charge >= 0.3 is 12.1 Å². The van der Waals surface area contributed by atoms with Crippen LogP contribution in [0.3, 0.4) is 0 Å². The Bertz CT molecular complexity index is 568. The van der Waals surface area contributed by atoms with Crippen LogP contribution in [0.4, 0.5) is 9.59 Å². The molecule has 126 valence electrons. The molecule has 0 saturated carbocycles. The largest absolute Gasteiger partial charge is 0.459 e. The summed E-state index contributed by atoms with van der Waals surface area (Å²) in [6.07, 6.45) is 0.961. The van der Waals surface area contributed by atoms with Crippen molar-refractivity contribution in [2.45, 2.75) is 26.4 Å². The minimum atomic E-state index is -0.588. The molecule has 8 heteroatoms. The molecule has 1 N–H and O–H groups in total. The van der Waals surface area contributed by atoms with Gasteiger partial charge in [0, 0.05) is 26.2 Å². The van der Waals surface area contributed by atoms with Crippen LogP contribution >= 0.6 is 0 Å². The molecule has 1 aliphatic heterocycles. The lowest BCUT2D eigenvalue weighted by Crippen LogP contribution is -2.54. The summed E-state index contributed by atoms with van der Waals surface area (Å²) in [5.74, 6) is -0.514. The van der Waals surface area contributed by atoms with E-state index >= 15 is 0 Å². The Labute approximate surface area is 134 Å². The summed E-state index contributed by atoms with van der Waals surface area (Å²) >= 11 is 0. The molecule has 0 atom stereocenters. The molecule has 0 spiro atoms. The van der Waals surface area contributed by atoms with Crippen molar-refractivity contribution < 1.29 is 23.5 Å². The van der Waals surface area contributed by atoms with Gasteiger partial charge in [-0.2, -0.15) is 0 Å². The Balaban J connectivity index is 1.81. The molecule has 0 aliphatic carbocycles. The molecule has 1 saturated heterocycles. The average Bonchev–Trinajstić information content (AvgIpc) is 3.00. The first-order valence-corrected chi connectivity index (χ1v) is 7.38. The zero-order valence-corrected chi connectivity index (χ0v) is 13.5. The molecular weight excluding hydrogens is 302 g/mol. The predicted molar refractivity (Wildman–Crippen MR) is 81.0 cm³/mol. The fraction of sp³-hybridized carbons (Fsp3) is 0.533. The van der Waals surface area contributed by atoms with Crippen molar-refractivity contribution in [2.75, 3.05) is 26.2 Å². The van der Waals surface area contributed by atoms with Gasteiger partial charge in [-0.1, -0.05) is 0 Å². The number of ether oxygens (including phenoxy) is 1. The van der Waals surface area contributed by atoms with Crippen LogP contribution in [-0.4, -0.2) is 59.6 Å². The van der Waals surface area contributed by atoms with Crippen LogP contribution in [0.15, 0.2) is 22.8 Å². The summed E-state index contributed by atoms with van der Waals surface area (Å²) in [4.78, 5) is 38.7. The molecule has 23 heavy (non-hydrogen) atoms. The van der Waals surface area contributed by atoms with Crippen molar-refractivity contribution in [3.63, 3.8) is 0 Å². The molecule has 1 fully saturated rings. The molecule has 0 radical (unpaired) electrons. The van der Waals surface area contributed by atoms with Crippen LogP contribution in [0.1, 0.15) is 31.3 Å². The first-order valence-electron chi connectivity index (χ1n) is 7.38. The lowest BCUT2D eigenvalue weighted by atomic mass is 10.2. The van der Waals surface area contributed by atoms with E-state index < -0.39 is 23.6 Å². The van der Waals surface area contributed by atoms with E-state index in [4.69, 9.17) is 9.15 Å². The monoisotopic (exact) mass is 323 g/mol. The van der Waals surface area contributed by atoms with Crippen molar-refractivity contribution in [3.05, 3.63) is 24.2 Å². The molecule has 0 unspecified atom stereocenters. The number of imide groups is 1. The number of carbonyl (C=O) groups is 3. The third-order valence-electron chi connectivity index (χ3n) is 3.18. The summed E-state index contributed by atoms with van der Waals surface area (Å²) in [5.41, 5.74) is -0.555. The highest BCUT2D eigenvalue weighted by Crippen LogP contribution is 2.12. The highest BCUT2D eigenvalue weighted by molar-refractivity contribution is 6.02. The van der Waals surface area contributed by atoms with Crippen molar-refractivity contribution in [2.24, 2.45) is 0 Å². The highest BCUT2D eigenvalue weighted by Gasteiger charge is 2.28. The number of amides is 4. The van der Waals surface area contributed by atoms with E-state index in [1.54, 1.807) is 31.7 Å². The summed E-state index contributed by atoms with van der Waals surface area (Å²) in [5, 5.41) is 2.25. The zero-order chi connectivity index (χ0) is 17.0. The second kappa shape index (κ2) is 6.72. The zero-order valence-electron chi connectivity index (χ0n) is 13.5. The van der Waals surface area contributed by atoms with Gasteiger partial charge in [0.2, 0.25) is 0 Å². The molecular formula is C15H21N3O5. The van der Waals surface area contributed by atoms with E-state index in [0.29, 0.717) is 26.2 Å². The molecule has 0 bridgehead atoms. The van der Waals surface area contributed by atoms with E-state index in [9.17, 15) is 14.4 Å². The first kappa shape index (κ1) is 16.9. The summed E-state index contributed by atoms with van der Waals surface area (Å²) < 4.78 is 10.2. The van der Waals surface area contributed by atoms with Crippen LogP contribution in [0.25, 0.3) is 0 Å². The number of carbonyl (C=O) groups excluding carboxylic acids is 3. The Kier molecular flexibility index (Phi) is 4.92. The predicted octanol–water partition coefficient (Wildman–Crippen LogP) is 1.68. The van der Waals surface area contributed by atoms with E-state index in [1.165, 1.54) is 17.2 Å². The first-order chi connectivity index (χ1) is 10.8. The molecule has 8 nitrogen and oxygen atoms in total. The van der Waals surface area contributed by atoms with Crippen LogP contribution in [-0.2, 0) is 4.74 Å². The third kappa shape index (κ3) is 4.73. The van der Waals surface area contributed by atoms with E-state index in [0.717, 1.165) is 0 Å². The number of furan rings is 1. The van der Waals surface area contributed by atoms with E-state index in [1.807, 2.05) is 0 Å². The molecule has 1 aromatic rings. The van der Waals surface area contributed by atoms with E-state index in [2.05, 4.69) is 5.32 Å². The van der Waals surface area contributed by atoms with Crippen LogP contribution in [0.5, 0.6) is 0 Å². The molecule has 4 amide bonds. The van der Waals surface area contributed by atoms with Crippen LogP contribution in [0, 0.1) is 0 Å². The van der Waals surface area contributed by atoms with Crippen molar-refractivity contribution in [1.29, 1.82) is 0 Å². The SMILES string of the molecule is CC(C)(C)OC(=O)N1CCN(C(=O)NC(=O)c2ccco2)CC1. The Morgan fingerprint density at radius 2 is 1.74 bits per heavy atom. The van der Waals surface area contributed by atoms with Crippen molar-refractivity contribution >= 4 is 18.0 Å². The Morgan fingerprint density at radius 3 is 2.26 bits per heavy atom. The second-order valence-corrected chi connectivity index (χ2v) is 6.19. The van der Waals surface area contributed by atoms with Crippen molar-refractivity contribution in [3.8, 4) is 0 Å². The standard InChI is InChI=1S/C15H21N3O5/c1-15(2,3)23-14(21)18-8-6-17(7-9-18)13(20)16-12(19)11-5-4-10-22-11/h4-5,10H,6-9H2,1-3H3,(H,16,19,20). The fourth-order valence-electron chi connectivity index (χ4n) is 2.06. The van der Waals surface area contributed by atoms with Gasteiger partial charge in [-0.25, -0.2) is 9.59 Å². The Hall–Kier alpha value is -2.51. The average molecular weight is 323 g/mol. The van der Waals surface area contributed by atoms with Gasteiger partial charge in [-0.15, -0.1) is 0 Å². The molecule has 2 heterocycles. The van der Waals surface area contributed by atoms with Crippen LogP contribution in [0.2, 0.25) is 0 Å². The van der Waals surface area contributed by atoms with Crippen LogP contribution < -0.4 is 5.32 Å². The minimum absolute atomic E-state index is 0.0748. The number of nitrogens with one attached hydrogen (secondary N) is 1. The number of rotatable bonds is 1. The topological polar surface area (TPSA) is 92.1 Å². The van der Waals surface area contributed by atoms with Gasteiger partial charge in [0.25, 0.3) is 5.91 Å². The summed E-state index contributed by atoms with van der Waals surface area (Å²) in [6, 6.07) is 2.54. The molecule has 1 aromatic heterocycles. The maximum atomic E-state index is 12.0. The van der Waals surface area contributed by atoms with Gasteiger partial charge in [0.1, 0.15) is 5.60 Å². The smallest absolute Gasteiger partial charge is 0.410 e. The maximum absolute atomic E-state index is 12.0. The number of hydrogen-bond acceptors (Lipinski definition) is 5. The van der Waals surface area contributed by atoms with Gasteiger partial charge in [-0.05, 0) is 32.9 Å². The maximum Gasteiger partial charge on any atom is 0.410 e. The fourth-order valence-corrected chi connectivity index (χ4v) is 2.06. The summed E-state index contributed by atoms with van der Waals surface area (Å²) in [6.45, 7) is 6.78. The summed E-state index contributed by atoms with van der Waals surface area (Å²) in [7, 11) is 0. The van der Waals surface area contributed by atoms with Gasteiger partial charge in [0.15, 0.2) is 5.76 Å². The number of urea groups is 1. The van der Waals surface area contributed by atoms with E-state index in [-0.39, 0.29) is 5.76 Å². The Morgan fingerprint density at radius 1 is 1.13 bits per heavy atom. The normalized spacial score (nSPS) is 15.3. The number of piperazine rings is 1. The third-order valence-corrected chi connectivity index (χ3v) is 3.18. The lowest BCUT2D eigenvalue weighted by molar-refractivity contribution is 0.0169. The molecule has 1 aliphatic rings. The van der Waals surface area contributed by atoms with Gasteiger partial charge in [-0.3, -0.25) is 10.1 Å². The van der Waals surface area contributed by atoms with Gasteiger partial charge < -0.3 is 19.0 Å². The van der Waals surface area contributed by atoms with Crippen molar-refractivity contribution in [1.82, 2.24) is 15.1 Å². The number of hydrogen-bond donors (Lipinski definition) is 1. The second-order valence-electron chi connectivity index (χ2n) is 6.19. The minimum Gasteiger partial charge on any atom is -0.459 e. The number of nitrogens with zero attached hydrogens (tertiary/aromatic N) is 2. The van der Waals surface area contributed by atoms with Gasteiger partial charge in [0.05, 0.1) is 6.26 Å². The highest BCUT2D eigenvalue weighted by atomic mass is 16.6. The quantitative estimate of drug-likeness (QED) is 0.849. The lowest BCUT2D eigenvalue weighted by Gasteiger charge is -2.35. The molecule has 2 rings (SSSR count). The molecule has 0 aromatic carbocycles.